The van der Waals surface area contributed by atoms with E-state index >= 15 is 4.39 Å². The van der Waals surface area contributed by atoms with Gasteiger partial charge in [-0.25, -0.2) is 17.7 Å². The van der Waals surface area contributed by atoms with Gasteiger partial charge < -0.3 is 5.11 Å². The SMILES string of the molecule is CC(C)(C)c1ccc(N(c2ccc(C#N)c(F)c2-c2ccc(C(=O)O)c3ncccc23)S(=O)O)cc1. The first kappa shape index (κ1) is 25.0. The number of nitrogens with zero attached hydrogens (tertiary/aromatic N) is 3. The predicted molar refractivity (Wildman–Crippen MR) is 137 cm³/mol. The van der Waals surface area contributed by atoms with Crippen LogP contribution in [0.4, 0.5) is 15.8 Å². The van der Waals surface area contributed by atoms with Crippen LogP contribution in [-0.2, 0) is 16.7 Å². The van der Waals surface area contributed by atoms with Gasteiger partial charge in [-0.3, -0.25) is 9.54 Å². The van der Waals surface area contributed by atoms with Crippen LogP contribution in [0.2, 0.25) is 0 Å². The van der Waals surface area contributed by atoms with Crippen molar-refractivity contribution in [3.05, 3.63) is 89.4 Å². The topological polar surface area (TPSA) is 115 Å². The number of fused-ring (bicyclic) bond motifs is 1. The fourth-order valence-corrected chi connectivity index (χ4v) is 4.67. The van der Waals surface area contributed by atoms with E-state index in [9.17, 15) is 23.9 Å². The summed E-state index contributed by atoms with van der Waals surface area (Å²) in [4.78, 5) is 15.9. The quantitative estimate of drug-likeness (QED) is 0.314. The molecule has 1 aromatic heterocycles. The monoisotopic (exact) mass is 503 g/mol. The summed E-state index contributed by atoms with van der Waals surface area (Å²) in [6.45, 7) is 6.12. The third-order valence-corrected chi connectivity index (χ3v) is 6.57. The number of hydrogen-bond acceptors (Lipinski definition) is 4. The first-order valence-electron chi connectivity index (χ1n) is 10.9. The smallest absolute Gasteiger partial charge is 0.337 e. The van der Waals surface area contributed by atoms with Crippen LogP contribution in [0.3, 0.4) is 0 Å². The number of carbonyl (C=O) groups is 1. The zero-order chi connectivity index (χ0) is 26.2. The first-order chi connectivity index (χ1) is 17.0. The molecule has 1 unspecified atom stereocenters. The molecule has 9 heteroatoms. The zero-order valence-corrected chi connectivity index (χ0v) is 20.5. The van der Waals surface area contributed by atoms with Crippen LogP contribution in [0, 0.1) is 17.1 Å². The molecule has 7 nitrogen and oxygen atoms in total. The third kappa shape index (κ3) is 4.44. The van der Waals surface area contributed by atoms with Crippen molar-refractivity contribution in [2.24, 2.45) is 0 Å². The maximum Gasteiger partial charge on any atom is 0.337 e. The molecule has 2 N–H and O–H groups in total. The van der Waals surface area contributed by atoms with Gasteiger partial charge in [0.05, 0.1) is 28.0 Å². The Labute approximate surface area is 209 Å². The van der Waals surface area contributed by atoms with Gasteiger partial charge in [-0.05, 0) is 52.9 Å². The number of carboxylic acid groups (broad SMARTS) is 1. The summed E-state index contributed by atoms with van der Waals surface area (Å²) in [5.74, 6) is -2.10. The largest absolute Gasteiger partial charge is 0.478 e. The summed E-state index contributed by atoms with van der Waals surface area (Å²) in [6.07, 6.45) is 1.42. The van der Waals surface area contributed by atoms with Gasteiger partial charge in [-0.2, -0.15) is 5.26 Å². The van der Waals surface area contributed by atoms with Crippen molar-refractivity contribution >= 4 is 39.5 Å². The number of rotatable bonds is 5. The normalized spacial score (nSPS) is 12.2. The molecule has 0 radical (unpaired) electrons. The average Bonchev–Trinajstić information content (AvgIpc) is 2.83. The minimum absolute atomic E-state index is 0.0315. The van der Waals surface area contributed by atoms with Crippen LogP contribution in [0.1, 0.15) is 42.3 Å². The number of aromatic nitrogens is 1. The standard InChI is InChI=1S/C27H22FN3O4S/c1-27(2,3)17-7-9-18(10-8-17)31(36(34)35)22-13-6-16(15-29)24(28)23(22)19-11-12-21(26(32)33)25-20(19)5-4-14-30-25/h4-14H,1-3H3,(H,32,33)(H,34,35). The van der Waals surface area contributed by atoms with Gasteiger partial charge in [-0.1, -0.05) is 45.0 Å². The van der Waals surface area contributed by atoms with E-state index in [0.717, 1.165) is 9.87 Å². The molecule has 4 rings (SSSR count). The Morgan fingerprint density at radius 1 is 1.08 bits per heavy atom. The average molecular weight is 504 g/mol. The molecule has 1 atom stereocenters. The molecule has 0 saturated heterocycles. The lowest BCUT2D eigenvalue weighted by molar-refractivity contribution is 0.0699. The molecule has 0 amide bonds. The number of hydrogen-bond donors (Lipinski definition) is 2. The highest BCUT2D eigenvalue weighted by molar-refractivity contribution is 7.81. The lowest BCUT2D eigenvalue weighted by Crippen LogP contribution is -2.21. The summed E-state index contributed by atoms with van der Waals surface area (Å²) in [5, 5.41) is 19.4. The van der Waals surface area contributed by atoms with Crippen molar-refractivity contribution in [3.8, 4) is 17.2 Å². The van der Waals surface area contributed by atoms with Crippen LogP contribution in [0.25, 0.3) is 22.0 Å². The second-order valence-corrected chi connectivity index (χ2v) is 9.95. The van der Waals surface area contributed by atoms with Crippen LogP contribution in [0.5, 0.6) is 0 Å². The van der Waals surface area contributed by atoms with E-state index in [1.165, 1.54) is 30.5 Å². The Morgan fingerprint density at radius 2 is 1.78 bits per heavy atom. The highest BCUT2D eigenvalue weighted by atomic mass is 32.2. The summed E-state index contributed by atoms with van der Waals surface area (Å²) in [7, 11) is 0. The fraction of sp³-hybridized carbons (Fsp3) is 0.148. The fourth-order valence-electron chi connectivity index (χ4n) is 4.05. The Kier molecular flexibility index (Phi) is 6.59. The summed E-state index contributed by atoms with van der Waals surface area (Å²) >= 11 is -2.61. The molecular formula is C27H22FN3O4S. The second-order valence-electron chi connectivity index (χ2n) is 9.12. The number of carboxylic acids is 1. The molecule has 0 saturated carbocycles. The van der Waals surface area contributed by atoms with Gasteiger partial charge in [0, 0.05) is 17.1 Å². The molecule has 182 valence electrons. The van der Waals surface area contributed by atoms with Crippen LogP contribution in [-0.4, -0.2) is 24.8 Å². The van der Waals surface area contributed by atoms with E-state index in [0.29, 0.717) is 11.1 Å². The van der Waals surface area contributed by atoms with Crippen LogP contribution >= 0.6 is 0 Å². The third-order valence-electron chi connectivity index (χ3n) is 5.85. The van der Waals surface area contributed by atoms with E-state index in [2.05, 4.69) is 4.98 Å². The predicted octanol–water partition coefficient (Wildman–Crippen LogP) is 6.18. The maximum atomic E-state index is 15.8. The Bertz CT molecular complexity index is 1560. The molecule has 0 bridgehead atoms. The molecule has 0 spiro atoms. The Balaban J connectivity index is 2.03. The van der Waals surface area contributed by atoms with E-state index < -0.39 is 23.1 Å². The Morgan fingerprint density at radius 3 is 2.36 bits per heavy atom. The second kappa shape index (κ2) is 9.49. The number of nitriles is 1. The first-order valence-corrected chi connectivity index (χ1v) is 12.0. The number of pyridine rings is 1. The molecular weight excluding hydrogens is 481 g/mol. The van der Waals surface area contributed by atoms with Crippen molar-refractivity contribution < 1.29 is 23.1 Å². The molecule has 36 heavy (non-hydrogen) atoms. The van der Waals surface area contributed by atoms with Crippen molar-refractivity contribution in [1.29, 1.82) is 5.26 Å². The lowest BCUT2D eigenvalue weighted by Gasteiger charge is -2.25. The number of anilines is 2. The van der Waals surface area contributed by atoms with Gasteiger partial charge in [0.15, 0.2) is 5.82 Å². The highest BCUT2D eigenvalue weighted by Gasteiger charge is 2.26. The van der Waals surface area contributed by atoms with Gasteiger partial charge >= 0.3 is 5.97 Å². The lowest BCUT2D eigenvalue weighted by atomic mass is 9.87. The van der Waals surface area contributed by atoms with Crippen LogP contribution < -0.4 is 4.31 Å². The minimum Gasteiger partial charge on any atom is -0.478 e. The summed E-state index contributed by atoms with van der Waals surface area (Å²) in [6, 6.07) is 17.3. The number of aromatic carboxylic acids is 1. The number of halogens is 1. The molecule has 3 aromatic carbocycles. The molecule has 0 aliphatic carbocycles. The number of benzene rings is 3. The van der Waals surface area contributed by atoms with Crippen molar-refractivity contribution in [3.63, 3.8) is 0 Å². The van der Waals surface area contributed by atoms with Gasteiger partial charge in [-0.15, -0.1) is 0 Å². The minimum atomic E-state index is -2.61. The molecule has 4 aromatic rings. The molecule has 0 aliphatic heterocycles. The van der Waals surface area contributed by atoms with E-state index in [1.54, 1.807) is 30.3 Å². The van der Waals surface area contributed by atoms with Gasteiger partial charge in [0.25, 0.3) is 11.3 Å². The summed E-state index contributed by atoms with van der Waals surface area (Å²) in [5.41, 5.74) is 1.12. The van der Waals surface area contributed by atoms with Crippen molar-refractivity contribution in [2.45, 2.75) is 26.2 Å². The van der Waals surface area contributed by atoms with Crippen LogP contribution in [0.15, 0.2) is 66.9 Å². The Hall–Kier alpha value is -4.13. The molecule has 0 aliphatic rings. The summed E-state index contributed by atoms with van der Waals surface area (Å²) < 4.78 is 39.7. The van der Waals surface area contributed by atoms with Crippen molar-refractivity contribution in [2.75, 3.05) is 4.31 Å². The van der Waals surface area contributed by atoms with Gasteiger partial charge in [0.1, 0.15) is 6.07 Å². The van der Waals surface area contributed by atoms with E-state index in [4.69, 9.17) is 0 Å². The van der Waals surface area contributed by atoms with Crippen molar-refractivity contribution in [1.82, 2.24) is 4.98 Å². The molecule has 0 fully saturated rings. The van der Waals surface area contributed by atoms with E-state index in [1.807, 2.05) is 32.9 Å². The highest BCUT2D eigenvalue weighted by Crippen LogP contribution is 2.42. The molecule has 1 heterocycles. The zero-order valence-electron chi connectivity index (χ0n) is 19.7. The van der Waals surface area contributed by atoms with E-state index in [-0.39, 0.29) is 38.9 Å². The van der Waals surface area contributed by atoms with Gasteiger partial charge in [0.2, 0.25) is 0 Å². The maximum absolute atomic E-state index is 15.8.